The van der Waals surface area contributed by atoms with Crippen molar-refractivity contribution in [2.75, 3.05) is 0 Å². The van der Waals surface area contributed by atoms with Gasteiger partial charge in [-0.3, -0.25) is 0 Å². The number of carboxylic acids is 4. The van der Waals surface area contributed by atoms with E-state index in [-0.39, 0.29) is 21.1 Å². The van der Waals surface area contributed by atoms with Gasteiger partial charge in [0, 0.05) is 0 Å². The van der Waals surface area contributed by atoms with E-state index >= 15 is 0 Å². The van der Waals surface area contributed by atoms with Gasteiger partial charge in [0.2, 0.25) is 0 Å². The fourth-order valence-corrected chi connectivity index (χ4v) is 0.272. The molecule has 0 amide bonds. The Balaban J connectivity index is -0.000000218. The summed E-state index contributed by atoms with van der Waals surface area (Å²) in [6.45, 7) is 0. The number of carboxylic acid groups (broad SMARTS) is 4. The molecule has 0 aromatic carbocycles. The zero-order chi connectivity index (χ0) is 13.1. The summed E-state index contributed by atoms with van der Waals surface area (Å²) >= 11 is 0. The van der Waals surface area contributed by atoms with Gasteiger partial charge in [0.25, 0.3) is 0 Å². The Kier molecular flexibility index (Phi) is 14.6. The van der Waals surface area contributed by atoms with Crippen LogP contribution in [0.4, 0.5) is 0 Å². The summed E-state index contributed by atoms with van der Waals surface area (Å²) in [6, 6.07) is 0. The summed E-state index contributed by atoms with van der Waals surface area (Å²) in [4.78, 5) is 37.7. The standard InChI is InChI=1S/2C4H4O4.Mo/c2*5-3(6)1-2-4(7)8;/h2*1-2H,(H,5,6)(H,7,8);/q;;+4/p-4/b2*2-1+;. The molecule has 0 aromatic heterocycles. The monoisotopic (exact) mass is 326 g/mol. The van der Waals surface area contributed by atoms with E-state index in [2.05, 4.69) is 0 Å². The van der Waals surface area contributed by atoms with Crippen LogP contribution in [0.5, 0.6) is 0 Å². The summed E-state index contributed by atoms with van der Waals surface area (Å²) in [6.07, 6.45) is 1.54. The third kappa shape index (κ3) is 31.5. The van der Waals surface area contributed by atoms with E-state index in [1.54, 1.807) is 0 Å². The maximum absolute atomic E-state index is 9.41. The third-order valence-electron chi connectivity index (χ3n) is 0.711. The number of aliphatic carboxylic acids is 4. The van der Waals surface area contributed by atoms with Crippen LogP contribution in [0.1, 0.15) is 0 Å². The van der Waals surface area contributed by atoms with Crippen LogP contribution in [0.25, 0.3) is 0 Å². The van der Waals surface area contributed by atoms with E-state index in [0.29, 0.717) is 24.3 Å². The molecule has 9 heteroatoms. The van der Waals surface area contributed by atoms with Crippen molar-refractivity contribution in [3.05, 3.63) is 24.3 Å². The molecule has 0 heterocycles. The predicted molar refractivity (Wildman–Crippen MR) is 38.3 cm³/mol. The summed E-state index contributed by atoms with van der Waals surface area (Å²) in [5.41, 5.74) is 0. The van der Waals surface area contributed by atoms with Gasteiger partial charge >= 0.3 is 21.1 Å². The summed E-state index contributed by atoms with van der Waals surface area (Å²) in [7, 11) is 0. The van der Waals surface area contributed by atoms with Crippen molar-refractivity contribution < 1.29 is 60.7 Å². The minimum absolute atomic E-state index is 0. The first-order valence-corrected chi connectivity index (χ1v) is 3.45. The topological polar surface area (TPSA) is 161 Å². The van der Waals surface area contributed by atoms with Gasteiger partial charge in [-0.15, -0.1) is 0 Å². The normalized spacial score (nSPS) is 8.94. The SMILES string of the molecule is O=C([O-])/C=C/C(=O)[O-].O=C([O-])/C=C/C(=O)[O-].[Mo+4]. The van der Waals surface area contributed by atoms with Gasteiger partial charge in [0.1, 0.15) is 0 Å². The summed E-state index contributed by atoms with van der Waals surface area (Å²) < 4.78 is 0. The Morgan fingerprint density at radius 2 is 0.647 bits per heavy atom. The van der Waals surface area contributed by atoms with E-state index < -0.39 is 23.9 Å². The predicted octanol–water partition coefficient (Wildman–Crippen LogP) is -5.92. The van der Waals surface area contributed by atoms with Crippen molar-refractivity contribution >= 4 is 23.9 Å². The van der Waals surface area contributed by atoms with Crippen LogP contribution >= 0.6 is 0 Å². The average molecular weight is 324 g/mol. The molecule has 0 aliphatic heterocycles. The number of rotatable bonds is 4. The van der Waals surface area contributed by atoms with Crippen molar-refractivity contribution in [3.63, 3.8) is 0 Å². The quantitative estimate of drug-likeness (QED) is 0.365. The van der Waals surface area contributed by atoms with Gasteiger partial charge in [-0.1, -0.05) is 0 Å². The smallest absolute Gasteiger partial charge is 0.545 e. The molecule has 0 unspecified atom stereocenters. The van der Waals surface area contributed by atoms with E-state index in [1.165, 1.54) is 0 Å². The van der Waals surface area contributed by atoms with Crippen molar-refractivity contribution in [1.29, 1.82) is 0 Å². The molecule has 0 aliphatic rings. The second-order valence-corrected chi connectivity index (χ2v) is 1.94. The van der Waals surface area contributed by atoms with Crippen LogP contribution in [0, 0.1) is 0 Å². The Labute approximate surface area is 109 Å². The molecular formula is C8H4MoO8. The fraction of sp³-hybridized carbons (Fsp3) is 0. The van der Waals surface area contributed by atoms with Crippen LogP contribution < -0.4 is 20.4 Å². The molecule has 0 radical (unpaired) electrons. The van der Waals surface area contributed by atoms with E-state index in [4.69, 9.17) is 0 Å². The Hall–Kier alpha value is -1.95. The van der Waals surface area contributed by atoms with E-state index in [1.807, 2.05) is 0 Å². The van der Waals surface area contributed by atoms with Crippen LogP contribution in [0.3, 0.4) is 0 Å². The van der Waals surface area contributed by atoms with Crippen molar-refractivity contribution in [3.8, 4) is 0 Å². The van der Waals surface area contributed by atoms with Crippen molar-refractivity contribution in [1.82, 2.24) is 0 Å². The van der Waals surface area contributed by atoms with Crippen LogP contribution in [0.2, 0.25) is 0 Å². The van der Waals surface area contributed by atoms with Gasteiger partial charge in [-0.05, 0) is 24.3 Å². The first-order valence-electron chi connectivity index (χ1n) is 3.45. The molecule has 0 atom stereocenters. The largest absolute Gasteiger partial charge is 4.00 e. The molecule has 90 valence electrons. The van der Waals surface area contributed by atoms with E-state index in [9.17, 15) is 39.6 Å². The van der Waals surface area contributed by atoms with Gasteiger partial charge in [0.05, 0.1) is 23.9 Å². The van der Waals surface area contributed by atoms with Crippen LogP contribution in [-0.2, 0) is 40.2 Å². The first-order chi connectivity index (χ1) is 7.25. The maximum atomic E-state index is 9.41. The Bertz CT molecular complexity index is 277. The molecule has 0 aromatic rings. The first kappa shape index (κ1) is 20.5. The molecule has 0 saturated carbocycles. The zero-order valence-corrected chi connectivity index (χ0v) is 9.99. The van der Waals surface area contributed by atoms with Crippen LogP contribution in [-0.4, -0.2) is 23.9 Å². The molecule has 0 N–H and O–H groups in total. The number of hydrogen-bond donors (Lipinski definition) is 0. The molecule has 0 spiro atoms. The molecule has 17 heavy (non-hydrogen) atoms. The molecule has 0 fully saturated rings. The zero-order valence-electron chi connectivity index (χ0n) is 7.98. The fourth-order valence-electron chi connectivity index (χ4n) is 0.272. The molecule has 0 saturated heterocycles. The molecular weight excluding hydrogens is 320 g/mol. The Morgan fingerprint density at radius 1 is 0.529 bits per heavy atom. The average Bonchev–Trinajstić information content (AvgIpc) is 2.12. The minimum atomic E-state index is -1.55. The second kappa shape index (κ2) is 12.1. The van der Waals surface area contributed by atoms with Gasteiger partial charge in [-0.25, -0.2) is 0 Å². The molecule has 8 nitrogen and oxygen atoms in total. The molecule has 0 aliphatic carbocycles. The number of hydrogen-bond acceptors (Lipinski definition) is 8. The summed E-state index contributed by atoms with van der Waals surface area (Å²) in [5.74, 6) is -6.19. The third-order valence-corrected chi connectivity index (χ3v) is 0.711. The Morgan fingerprint density at radius 3 is 0.706 bits per heavy atom. The second-order valence-electron chi connectivity index (χ2n) is 1.94. The number of carbonyl (C=O) groups excluding carboxylic acids is 4. The van der Waals surface area contributed by atoms with E-state index in [0.717, 1.165) is 0 Å². The maximum Gasteiger partial charge on any atom is 4.00 e. The van der Waals surface area contributed by atoms with Gasteiger partial charge < -0.3 is 39.6 Å². The van der Waals surface area contributed by atoms with Gasteiger partial charge in [-0.2, -0.15) is 0 Å². The van der Waals surface area contributed by atoms with Crippen LogP contribution in [0.15, 0.2) is 24.3 Å². The van der Waals surface area contributed by atoms with Gasteiger partial charge in [0.15, 0.2) is 0 Å². The minimum Gasteiger partial charge on any atom is -0.545 e. The number of carbonyl (C=O) groups is 4. The molecule has 0 bridgehead atoms. The molecule has 0 rings (SSSR count). The summed E-state index contributed by atoms with van der Waals surface area (Å²) in [5, 5.41) is 37.7. The van der Waals surface area contributed by atoms with Crippen molar-refractivity contribution in [2.45, 2.75) is 0 Å². The van der Waals surface area contributed by atoms with Crippen molar-refractivity contribution in [2.24, 2.45) is 0 Å².